The molecule has 98 valence electrons. The normalized spacial score (nSPS) is 12.6. The van der Waals surface area contributed by atoms with E-state index in [-0.39, 0.29) is 20.8 Å². The molecular formula is C7H11ClN2O4S3. The van der Waals surface area contributed by atoms with Crippen LogP contribution in [0, 0.1) is 6.92 Å². The summed E-state index contributed by atoms with van der Waals surface area (Å²) >= 11 is 0.698. The van der Waals surface area contributed by atoms with Gasteiger partial charge in [-0.2, -0.15) is 0 Å². The molecule has 10 heteroatoms. The second-order valence-corrected chi connectivity index (χ2v) is 8.85. The van der Waals surface area contributed by atoms with Crippen molar-refractivity contribution in [1.82, 2.24) is 4.98 Å². The molecule has 0 fully saturated rings. The molecule has 6 nitrogen and oxygen atoms in total. The number of thiazole rings is 1. The van der Waals surface area contributed by atoms with Crippen LogP contribution in [0.2, 0.25) is 0 Å². The second-order valence-electron chi connectivity index (χ2n) is 3.25. The van der Waals surface area contributed by atoms with E-state index in [1.165, 1.54) is 6.92 Å². The van der Waals surface area contributed by atoms with E-state index in [1.807, 2.05) is 0 Å². The van der Waals surface area contributed by atoms with Crippen LogP contribution in [-0.2, 0) is 19.1 Å². The summed E-state index contributed by atoms with van der Waals surface area (Å²) in [4.78, 5) is 3.81. The van der Waals surface area contributed by atoms with Gasteiger partial charge in [-0.05, 0) is 13.3 Å². The molecule has 0 bridgehead atoms. The third-order valence-electron chi connectivity index (χ3n) is 1.69. The number of hydrogen-bond donors (Lipinski definition) is 1. The third-order valence-corrected chi connectivity index (χ3v) is 6.52. The summed E-state index contributed by atoms with van der Waals surface area (Å²) in [6, 6.07) is 0. The van der Waals surface area contributed by atoms with Gasteiger partial charge in [-0.1, -0.05) is 18.3 Å². The molecule has 1 aromatic heterocycles. The summed E-state index contributed by atoms with van der Waals surface area (Å²) in [7, 11) is -2.19. The molecule has 17 heavy (non-hydrogen) atoms. The fraction of sp³-hybridized carbons (Fsp3) is 0.571. The molecule has 0 radical (unpaired) electrons. The van der Waals surface area contributed by atoms with Gasteiger partial charge in [-0.15, -0.1) is 0 Å². The molecule has 0 saturated heterocycles. The van der Waals surface area contributed by atoms with E-state index in [1.54, 1.807) is 6.92 Å². The first kappa shape index (κ1) is 14.7. The average molecular weight is 319 g/mol. The van der Waals surface area contributed by atoms with Gasteiger partial charge in [-0.3, -0.25) is 4.72 Å². The maximum atomic E-state index is 11.4. The number of aromatic nitrogens is 1. The molecule has 1 N–H and O–H groups in total. The monoisotopic (exact) mass is 318 g/mol. The Bertz CT molecular complexity index is 605. The van der Waals surface area contributed by atoms with Gasteiger partial charge in [0.25, 0.3) is 9.05 Å². The summed E-state index contributed by atoms with van der Waals surface area (Å²) in [5.41, 5.74) is 0.180. The van der Waals surface area contributed by atoms with Crippen molar-refractivity contribution in [3.8, 4) is 0 Å². The van der Waals surface area contributed by atoms with Gasteiger partial charge in [0.2, 0.25) is 10.0 Å². The average Bonchev–Trinajstić information content (AvgIpc) is 2.44. The van der Waals surface area contributed by atoms with Gasteiger partial charge in [-0.25, -0.2) is 21.8 Å². The van der Waals surface area contributed by atoms with Crippen molar-refractivity contribution < 1.29 is 16.8 Å². The molecule has 0 spiro atoms. The molecule has 0 saturated carbocycles. The lowest BCUT2D eigenvalue weighted by Gasteiger charge is -2.01. The standard InChI is InChI=1S/C7H11ClN2O4S3/c1-3-4-16(11,12)10-7-9-5(2)6(15-7)17(8,13)14/h3-4H2,1-2H3,(H,9,10). The largest absolute Gasteiger partial charge is 0.272 e. The van der Waals surface area contributed by atoms with Crippen LogP contribution >= 0.6 is 22.0 Å². The van der Waals surface area contributed by atoms with E-state index < -0.39 is 19.1 Å². The summed E-state index contributed by atoms with van der Waals surface area (Å²) in [6.45, 7) is 3.17. The maximum absolute atomic E-state index is 11.4. The molecule has 1 aromatic rings. The Balaban J connectivity index is 3.05. The van der Waals surface area contributed by atoms with Gasteiger partial charge in [0.05, 0.1) is 11.4 Å². The van der Waals surface area contributed by atoms with Crippen LogP contribution in [0.15, 0.2) is 4.21 Å². The highest BCUT2D eigenvalue weighted by Gasteiger charge is 2.21. The van der Waals surface area contributed by atoms with Crippen LogP contribution in [0.4, 0.5) is 5.13 Å². The molecule has 0 unspecified atom stereocenters. The zero-order chi connectivity index (χ0) is 13.3. The van der Waals surface area contributed by atoms with Gasteiger partial charge >= 0.3 is 0 Å². The quantitative estimate of drug-likeness (QED) is 0.831. The first-order valence-electron chi connectivity index (χ1n) is 4.58. The highest BCUT2D eigenvalue weighted by Crippen LogP contribution is 2.30. The van der Waals surface area contributed by atoms with Gasteiger partial charge in [0, 0.05) is 10.7 Å². The Kier molecular flexibility index (Phi) is 4.39. The van der Waals surface area contributed by atoms with E-state index in [0.717, 1.165) is 0 Å². The van der Waals surface area contributed by atoms with Gasteiger partial charge in [0.1, 0.15) is 0 Å². The van der Waals surface area contributed by atoms with E-state index in [0.29, 0.717) is 17.8 Å². The van der Waals surface area contributed by atoms with Crippen molar-refractivity contribution in [2.45, 2.75) is 24.5 Å². The zero-order valence-electron chi connectivity index (χ0n) is 9.10. The minimum atomic E-state index is -3.89. The lowest BCUT2D eigenvalue weighted by molar-refractivity contribution is 0.599. The van der Waals surface area contributed by atoms with Crippen LogP contribution < -0.4 is 4.72 Å². The van der Waals surface area contributed by atoms with E-state index in [2.05, 4.69) is 9.71 Å². The fourth-order valence-corrected chi connectivity index (χ4v) is 4.81. The van der Waals surface area contributed by atoms with Crippen molar-refractivity contribution in [3.63, 3.8) is 0 Å². The number of sulfonamides is 1. The summed E-state index contributed by atoms with van der Waals surface area (Å²) < 4.78 is 47.2. The first-order valence-corrected chi connectivity index (χ1v) is 9.36. The SMILES string of the molecule is CCCS(=O)(=O)Nc1nc(C)c(S(=O)(=O)Cl)s1. The minimum Gasteiger partial charge on any atom is -0.259 e. The van der Waals surface area contributed by atoms with Crippen LogP contribution in [0.3, 0.4) is 0 Å². The molecule has 0 aliphatic heterocycles. The van der Waals surface area contributed by atoms with Crippen LogP contribution in [-0.4, -0.2) is 27.6 Å². The highest BCUT2D eigenvalue weighted by molar-refractivity contribution is 8.15. The molecule has 0 aromatic carbocycles. The lowest BCUT2D eigenvalue weighted by atomic mass is 10.6. The van der Waals surface area contributed by atoms with Gasteiger partial charge < -0.3 is 0 Å². The zero-order valence-corrected chi connectivity index (χ0v) is 12.3. The number of rotatable bonds is 5. The molecule has 1 rings (SSSR count). The van der Waals surface area contributed by atoms with Crippen LogP contribution in [0.5, 0.6) is 0 Å². The third kappa shape index (κ3) is 4.09. The van der Waals surface area contributed by atoms with Crippen molar-refractivity contribution in [3.05, 3.63) is 5.69 Å². The Morgan fingerprint density at radius 2 is 1.94 bits per heavy atom. The van der Waals surface area contributed by atoms with Crippen molar-refractivity contribution in [2.75, 3.05) is 10.5 Å². The summed E-state index contributed by atoms with van der Waals surface area (Å²) in [5.74, 6) is -0.0470. The minimum absolute atomic E-state index is 0.00942. The smallest absolute Gasteiger partial charge is 0.259 e. The Morgan fingerprint density at radius 3 is 2.35 bits per heavy atom. The van der Waals surface area contributed by atoms with Crippen LogP contribution in [0.1, 0.15) is 19.0 Å². The molecule has 0 aliphatic carbocycles. The molecule has 0 aliphatic rings. The van der Waals surface area contributed by atoms with E-state index in [9.17, 15) is 16.8 Å². The summed E-state index contributed by atoms with van der Waals surface area (Å²) in [6.07, 6.45) is 0.459. The summed E-state index contributed by atoms with van der Waals surface area (Å²) in [5, 5.41) is 0.00942. The van der Waals surface area contributed by atoms with Crippen LogP contribution in [0.25, 0.3) is 0 Å². The van der Waals surface area contributed by atoms with E-state index >= 15 is 0 Å². The number of anilines is 1. The predicted molar refractivity (Wildman–Crippen MR) is 67.6 cm³/mol. The van der Waals surface area contributed by atoms with Crippen molar-refractivity contribution >= 4 is 46.2 Å². The number of hydrogen-bond acceptors (Lipinski definition) is 6. The fourth-order valence-electron chi connectivity index (χ4n) is 1.11. The molecule has 1 heterocycles. The van der Waals surface area contributed by atoms with Crippen molar-refractivity contribution in [1.29, 1.82) is 0 Å². The number of nitrogens with one attached hydrogen (secondary N) is 1. The number of aryl methyl sites for hydroxylation is 1. The van der Waals surface area contributed by atoms with E-state index in [4.69, 9.17) is 10.7 Å². The van der Waals surface area contributed by atoms with Crippen molar-refractivity contribution in [2.24, 2.45) is 0 Å². The Hall–Kier alpha value is -0.380. The maximum Gasteiger partial charge on any atom is 0.272 e. The lowest BCUT2D eigenvalue weighted by Crippen LogP contribution is -2.15. The molecular weight excluding hydrogens is 308 g/mol. The Morgan fingerprint density at radius 1 is 1.35 bits per heavy atom. The second kappa shape index (κ2) is 5.09. The Labute approximate surface area is 108 Å². The highest BCUT2D eigenvalue weighted by atomic mass is 35.7. The van der Waals surface area contributed by atoms with Gasteiger partial charge in [0.15, 0.2) is 9.34 Å². The first-order chi connectivity index (χ1) is 7.65. The molecule has 0 atom stereocenters. The predicted octanol–water partition coefficient (Wildman–Crippen LogP) is 1.53. The molecule has 0 amide bonds. The topological polar surface area (TPSA) is 93.2 Å². The number of nitrogens with zero attached hydrogens (tertiary/aromatic N) is 1. The number of halogens is 1.